The number of carbonyl (C=O) groups excluding carboxylic acids is 1. The average Bonchev–Trinajstić information content (AvgIpc) is 3.05. The van der Waals surface area contributed by atoms with E-state index in [0.29, 0.717) is 13.0 Å². The first-order valence-electron chi connectivity index (χ1n) is 6.54. The average molecular weight is 275 g/mol. The summed E-state index contributed by atoms with van der Waals surface area (Å²) < 4.78 is 1.80. The van der Waals surface area contributed by atoms with Crippen molar-refractivity contribution in [1.82, 2.24) is 35.4 Å². The van der Waals surface area contributed by atoms with Gasteiger partial charge in [-0.05, 0) is 6.92 Å². The number of imidazole rings is 1. The van der Waals surface area contributed by atoms with Crippen molar-refractivity contribution >= 4 is 5.91 Å². The van der Waals surface area contributed by atoms with E-state index in [2.05, 4.69) is 30.8 Å². The number of aromatic amines is 1. The van der Waals surface area contributed by atoms with Crippen LogP contribution in [0.2, 0.25) is 0 Å². The van der Waals surface area contributed by atoms with E-state index in [9.17, 15) is 4.79 Å². The highest BCUT2D eigenvalue weighted by molar-refractivity contribution is 5.82. The lowest BCUT2D eigenvalue weighted by Gasteiger charge is -2.24. The first kappa shape index (κ1) is 12.8. The van der Waals surface area contributed by atoms with Crippen molar-refractivity contribution in [2.75, 3.05) is 0 Å². The van der Waals surface area contributed by atoms with Crippen molar-refractivity contribution in [2.24, 2.45) is 7.05 Å². The zero-order valence-corrected chi connectivity index (χ0v) is 11.4. The van der Waals surface area contributed by atoms with Crippen molar-refractivity contribution in [1.29, 1.82) is 0 Å². The summed E-state index contributed by atoms with van der Waals surface area (Å²) in [5.74, 6) is 0.684. The smallest absolute Gasteiger partial charge is 0.238 e. The molecule has 106 valence electrons. The van der Waals surface area contributed by atoms with Gasteiger partial charge < -0.3 is 14.9 Å². The number of aryl methyl sites for hydroxylation is 1. The number of nitrogens with one attached hydrogen (secondary N) is 3. The van der Waals surface area contributed by atoms with E-state index in [1.165, 1.54) is 0 Å². The molecule has 2 atom stereocenters. The number of H-pyrrole nitrogens is 1. The van der Waals surface area contributed by atoms with E-state index < -0.39 is 0 Å². The highest BCUT2D eigenvalue weighted by atomic mass is 16.2. The maximum Gasteiger partial charge on any atom is 0.238 e. The molecule has 0 radical (unpaired) electrons. The molecule has 3 heterocycles. The lowest BCUT2D eigenvalue weighted by atomic mass is 10.0. The Morgan fingerprint density at radius 3 is 3.20 bits per heavy atom. The van der Waals surface area contributed by atoms with Crippen LogP contribution in [0.15, 0.2) is 12.7 Å². The van der Waals surface area contributed by atoms with Gasteiger partial charge >= 0.3 is 0 Å². The van der Waals surface area contributed by atoms with Crippen LogP contribution in [0.3, 0.4) is 0 Å². The lowest BCUT2D eigenvalue weighted by Crippen LogP contribution is -2.48. The summed E-state index contributed by atoms with van der Waals surface area (Å²) >= 11 is 0. The summed E-state index contributed by atoms with van der Waals surface area (Å²) in [6.45, 7) is 2.52. The highest BCUT2D eigenvalue weighted by Gasteiger charge is 2.27. The topological polar surface area (TPSA) is 101 Å². The van der Waals surface area contributed by atoms with Crippen molar-refractivity contribution in [3.63, 3.8) is 0 Å². The Morgan fingerprint density at radius 2 is 2.45 bits per heavy atom. The lowest BCUT2D eigenvalue weighted by molar-refractivity contribution is -0.124. The molecule has 0 fully saturated rings. The van der Waals surface area contributed by atoms with Gasteiger partial charge in [-0.15, -0.1) is 10.2 Å². The molecular formula is C12H17N7O. The SMILES string of the molecule is CC(NC(=O)C1Cc2nc[nH]c2CN1)c1nncn1C. The number of amides is 1. The van der Waals surface area contributed by atoms with E-state index in [1.54, 1.807) is 17.2 Å². The van der Waals surface area contributed by atoms with Crippen LogP contribution in [-0.2, 0) is 24.8 Å². The maximum atomic E-state index is 12.3. The van der Waals surface area contributed by atoms with Gasteiger partial charge in [0.05, 0.1) is 29.8 Å². The van der Waals surface area contributed by atoms with Crippen molar-refractivity contribution in [2.45, 2.75) is 32.0 Å². The van der Waals surface area contributed by atoms with Crippen molar-refractivity contribution in [3.05, 3.63) is 29.9 Å². The predicted molar refractivity (Wildman–Crippen MR) is 70.5 cm³/mol. The first-order valence-corrected chi connectivity index (χ1v) is 6.54. The fraction of sp³-hybridized carbons (Fsp3) is 0.500. The summed E-state index contributed by atoms with van der Waals surface area (Å²) in [4.78, 5) is 19.6. The second-order valence-corrected chi connectivity index (χ2v) is 5.00. The van der Waals surface area contributed by atoms with E-state index in [0.717, 1.165) is 17.2 Å². The Labute approximate surface area is 116 Å². The van der Waals surface area contributed by atoms with Gasteiger partial charge in [0, 0.05) is 20.0 Å². The molecule has 8 nitrogen and oxygen atoms in total. The summed E-state index contributed by atoms with van der Waals surface area (Å²) in [6, 6.07) is -0.446. The molecule has 0 saturated heterocycles. The van der Waals surface area contributed by atoms with E-state index in [-0.39, 0.29) is 18.0 Å². The number of fused-ring (bicyclic) bond motifs is 1. The van der Waals surface area contributed by atoms with Gasteiger partial charge in [-0.3, -0.25) is 10.1 Å². The molecule has 0 spiro atoms. The van der Waals surface area contributed by atoms with Crippen LogP contribution in [0.25, 0.3) is 0 Å². The second-order valence-electron chi connectivity index (χ2n) is 5.00. The van der Waals surface area contributed by atoms with E-state index in [1.807, 2.05) is 14.0 Å². The molecule has 0 aromatic carbocycles. The van der Waals surface area contributed by atoms with Crippen molar-refractivity contribution < 1.29 is 4.79 Å². The van der Waals surface area contributed by atoms with Crippen LogP contribution >= 0.6 is 0 Å². The second kappa shape index (κ2) is 5.04. The molecule has 8 heteroatoms. The molecule has 1 aliphatic heterocycles. The molecule has 1 aliphatic rings. The summed E-state index contributed by atoms with van der Waals surface area (Å²) in [7, 11) is 1.85. The molecule has 1 amide bonds. The molecule has 0 aliphatic carbocycles. The molecule has 0 bridgehead atoms. The minimum Gasteiger partial charge on any atom is -0.347 e. The minimum atomic E-state index is -0.263. The number of aromatic nitrogens is 5. The molecule has 0 saturated carbocycles. The first-order chi connectivity index (χ1) is 9.65. The predicted octanol–water partition coefficient (Wildman–Crippen LogP) is -0.570. The fourth-order valence-electron chi connectivity index (χ4n) is 2.42. The maximum absolute atomic E-state index is 12.3. The standard InChI is InChI=1S/C12H17N7O/c1-7(11-18-16-6-19(11)2)17-12(20)9-3-8-10(4-13-9)15-5-14-8/h5-7,9,13H,3-4H2,1-2H3,(H,14,15)(H,17,20). The van der Waals surface area contributed by atoms with Gasteiger partial charge in [0.1, 0.15) is 6.33 Å². The zero-order chi connectivity index (χ0) is 14.1. The van der Waals surface area contributed by atoms with Crippen LogP contribution in [-0.4, -0.2) is 36.7 Å². The van der Waals surface area contributed by atoms with Crippen LogP contribution in [0.5, 0.6) is 0 Å². The van der Waals surface area contributed by atoms with Crippen LogP contribution < -0.4 is 10.6 Å². The Balaban J connectivity index is 1.64. The van der Waals surface area contributed by atoms with Gasteiger partial charge in [-0.1, -0.05) is 0 Å². The van der Waals surface area contributed by atoms with Gasteiger partial charge in [0.25, 0.3) is 0 Å². The van der Waals surface area contributed by atoms with Gasteiger partial charge in [-0.2, -0.15) is 0 Å². The third kappa shape index (κ3) is 2.29. The number of nitrogens with zero attached hydrogens (tertiary/aromatic N) is 4. The van der Waals surface area contributed by atoms with E-state index in [4.69, 9.17) is 0 Å². The number of hydrogen-bond donors (Lipinski definition) is 3. The third-order valence-electron chi connectivity index (χ3n) is 3.54. The molecule has 3 rings (SSSR count). The molecule has 20 heavy (non-hydrogen) atoms. The summed E-state index contributed by atoms with van der Waals surface area (Å²) in [6.07, 6.45) is 3.87. The molecule has 2 unspecified atom stereocenters. The third-order valence-corrected chi connectivity index (χ3v) is 3.54. The molecule has 2 aromatic heterocycles. The normalized spacial score (nSPS) is 19.4. The van der Waals surface area contributed by atoms with E-state index >= 15 is 0 Å². The number of hydrogen-bond acceptors (Lipinski definition) is 5. The number of carbonyl (C=O) groups is 1. The van der Waals surface area contributed by atoms with Crippen LogP contribution in [0.1, 0.15) is 30.2 Å². The molecule has 2 aromatic rings. The summed E-state index contributed by atoms with van der Waals surface area (Å²) in [5.41, 5.74) is 2.01. The fourth-order valence-corrected chi connectivity index (χ4v) is 2.42. The highest BCUT2D eigenvalue weighted by Crippen LogP contribution is 2.14. The minimum absolute atomic E-state index is 0.0471. The van der Waals surface area contributed by atoms with Gasteiger partial charge in [0.15, 0.2) is 5.82 Å². The quantitative estimate of drug-likeness (QED) is 0.696. The van der Waals surface area contributed by atoms with Crippen LogP contribution in [0.4, 0.5) is 0 Å². The Kier molecular flexibility index (Phi) is 3.23. The zero-order valence-electron chi connectivity index (χ0n) is 11.4. The Bertz CT molecular complexity index is 617. The van der Waals surface area contributed by atoms with Crippen molar-refractivity contribution in [3.8, 4) is 0 Å². The largest absolute Gasteiger partial charge is 0.347 e. The monoisotopic (exact) mass is 275 g/mol. The van der Waals surface area contributed by atoms with Gasteiger partial charge in [-0.25, -0.2) is 4.98 Å². The van der Waals surface area contributed by atoms with Gasteiger partial charge in [0.2, 0.25) is 5.91 Å². The summed E-state index contributed by atoms with van der Waals surface area (Å²) in [5, 5.41) is 14.0. The Morgan fingerprint density at radius 1 is 1.60 bits per heavy atom. The molecular weight excluding hydrogens is 258 g/mol. The number of rotatable bonds is 3. The molecule has 3 N–H and O–H groups in total. The van der Waals surface area contributed by atoms with Crippen LogP contribution in [0, 0.1) is 0 Å². The Hall–Kier alpha value is -2.22.